The molecule has 2 aromatic rings. The Morgan fingerprint density at radius 3 is 2.67 bits per heavy atom. The highest BCUT2D eigenvalue weighted by Gasteiger charge is 2.53. The molecule has 0 bridgehead atoms. The fourth-order valence-corrected chi connectivity index (χ4v) is 9.63. The Morgan fingerprint density at radius 1 is 1.07 bits per heavy atom. The van der Waals surface area contributed by atoms with Crippen LogP contribution in [0.2, 0.25) is 18.6 Å². The van der Waals surface area contributed by atoms with Crippen molar-refractivity contribution in [2.24, 2.45) is 11.8 Å². The summed E-state index contributed by atoms with van der Waals surface area (Å²) < 4.78 is 9.08. The standard InChI is InChI=1S/C22H29N3OSi/c1-27(2,25-14-23-13-24-15-25)22-18-9-5-3-7-16(18)11-19(22)21-12-17-8-4-6-10-20(17)26-21/h3-10,12,16,18-19,22-24H,11,13-15H2,1-2H3. The molecule has 1 aromatic carbocycles. The van der Waals surface area contributed by atoms with Gasteiger partial charge in [0.25, 0.3) is 0 Å². The molecular formula is C22H29N3OSi. The van der Waals surface area contributed by atoms with E-state index in [2.05, 4.69) is 82.9 Å². The maximum Gasteiger partial charge on any atom is 0.134 e. The number of allylic oxidation sites excluding steroid dienone is 4. The molecule has 1 aliphatic heterocycles. The van der Waals surface area contributed by atoms with Gasteiger partial charge >= 0.3 is 0 Å². The molecule has 4 nitrogen and oxygen atoms in total. The van der Waals surface area contributed by atoms with E-state index in [1.165, 1.54) is 17.6 Å². The Bertz CT molecular complexity index is 848. The molecule has 4 unspecified atom stereocenters. The Labute approximate surface area is 162 Å². The summed E-state index contributed by atoms with van der Waals surface area (Å²) in [6, 6.07) is 10.7. The maximum atomic E-state index is 6.40. The quantitative estimate of drug-likeness (QED) is 0.784. The maximum absolute atomic E-state index is 6.40. The number of nitrogens with one attached hydrogen (secondary N) is 2. The van der Waals surface area contributed by atoms with Crippen LogP contribution in [0.1, 0.15) is 18.1 Å². The van der Waals surface area contributed by atoms with Crippen molar-refractivity contribution in [1.29, 1.82) is 0 Å². The first kappa shape index (κ1) is 17.4. The summed E-state index contributed by atoms with van der Waals surface area (Å²) in [6.45, 7) is 8.00. The minimum absolute atomic E-state index is 0.489. The average Bonchev–Trinajstić information content (AvgIpc) is 3.30. The topological polar surface area (TPSA) is 40.4 Å². The van der Waals surface area contributed by atoms with E-state index < -0.39 is 8.24 Å². The predicted octanol–water partition coefficient (Wildman–Crippen LogP) is 4.22. The largest absolute Gasteiger partial charge is 0.461 e. The van der Waals surface area contributed by atoms with Crippen molar-refractivity contribution in [1.82, 2.24) is 15.2 Å². The molecule has 1 aromatic heterocycles. The molecule has 0 radical (unpaired) electrons. The molecule has 142 valence electrons. The summed E-state index contributed by atoms with van der Waals surface area (Å²) in [5.74, 6) is 2.94. The number of rotatable bonds is 3. The minimum Gasteiger partial charge on any atom is -0.461 e. The molecule has 0 spiro atoms. The zero-order valence-corrected chi connectivity index (χ0v) is 17.2. The molecule has 2 aliphatic carbocycles. The number of nitrogens with zero attached hydrogens (tertiary/aromatic N) is 1. The average molecular weight is 380 g/mol. The monoisotopic (exact) mass is 379 g/mol. The Hall–Kier alpha value is -1.66. The first-order valence-electron chi connectivity index (χ1n) is 10.1. The van der Waals surface area contributed by atoms with Gasteiger partial charge in [0.1, 0.15) is 19.6 Å². The molecule has 1 saturated heterocycles. The van der Waals surface area contributed by atoms with Gasteiger partial charge in [0.05, 0.1) is 0 Å². The zero-order valence-electron chi connectivity index (χ0n) is 16.2. The van der Waals surface area contributed by atoms with Crippen LogP contribution in [-0.4, -0.2) is 32.8 Å². The Balaban J connectivity index is 1.55. The van der Waals surface area contributed by atoms with E-state index >= 15 is 0 Å². The van der Waals surface area contributed by atoms with Gasteiger partial charge in [-0.1, -0.05) is 55.6 Å². The summed E-state index contributed by atoms with van der Waals surface area (Å²) in [5.41, 5.74) is 1.67. The van der Waals surface area contributed by atoms with Gasteiger partial charge in [0.2, 0.25) is 0 Å². The van der Waals surface area contributed by atoms with Crippen molar-refractivity contribution in [3.8, 4) is 0 Å². The highest BCUT2D eigenvalue weighted by atomic mass is 28.3. The van der Waals surface area contributed by atoms with Crippen molar-refractivity contribution in [2.45, 2.75) is 31.0 Å². The summed E-state index contributed by atoms with van der Waals surface area (Å²) in [6.07, 6.45) is 10.6. The summed E-state index contributed by atoms with van der Waals surface area (Å²) >= 11 is 0. The number of fused-ring (bicyclic) bond motifs is 2. The second-order valence-electron chi connectivity index (χ2n) is 8.75. The van der Waals surface area contributed by atoms with Gasteiger partial charge in [0.15, 0.2) is 0 Å². The van der Waals surface area contributed by atoms with Gasteiger partial charge < -0.3 is 4.42 Å². The van der Waals surface area contributed by atoms with Gasteiger partial charge in [-0.3, -0.25) is 15.2 Å². The van der Waals surface area contributed by atoms with Crippen molar-refractivity contribution in [2.75, 3.05) is 20.0 Å². The second-order valence-corrected chi connectivity index (χ2v) is 13.4. The fraction of sp³-hybridized carbons (Fsp3) is 0.455. The first-order chi connectivity index (χ1) is 13.1. The van der Waals surface area contributed by atoms with Crippen LogP contribution in [0, 0.1) is 11.8 Å². The smallest absolute Gasteiger partial charge is 0.134 e. The molecule has 0 amide bonds. The van der Waals surface area contributed by atoms with Gasteiger partial charge in [-0.05, 0) is 35.9 Å². The number of benzene rings is 1. The van der Waals surface area contributed by atoms with E-state index in [1.54, 1.807) is 0 Å². The normalized spacial score (nSPS) is 31.5. The van der Waals surface area contributed by atoms with Crippen LogP contribution in [0.25, 0.3) is 11.0 Å². The van der Waals surface area contributed by atoms with Crippen LogP contribution in [0.15, 0.2) is 59.1 Å². The lowest BCUT2D eigenvalue weighted by molar-refractivity contribution is 0.281. The number of hydrogen-bond acceptors (Lipinski definition) is 4. The molecule has 2 heterocycles. The lowest BCUT2D eigenvalue weighted by atomic mass is 9.92. The van der Waals surface area contributed by atoms with E-state index in [-0.39, 0.29) is 0 Å². The molecule has 5 rings (SSSR count). The molecule has 3 aliphatic rings. The van der Waals surface area contributed by atoms with E-state index in [0.717, 1.165) is 25.6 Å². The second kappa shape index (κ2) is 6.74. The number of para-hydroxylation sites is 1. The van der Waals surface area contributed by atoms with Crippen LogP contribution in [0.5, 0.6) is 0 Å². The third kappa shape index (κ3) is 2.93. The number of furan rings is 1. The van der Waals surface area contributed by atoms with Crippen molar-refractivity contribution < 1.29 is 4.42 Å². The first-order valence-corrected chi connectivity index (χ1v) is 13.2. The van der Waals surface area contributed by atoms with Crippen molar-refractivity contribution in [3.63, 3.8) is 0 Å². The summed E-state index contributed by atoms with van der Waals surface area (Å²) in [4.78, 5) is 0. The van der Waals surface area contributed by atoms with E-state index in [4.69, 9.17) is 4.42 Å². The molecule has 1 saturated carbocycles. The van der Waals surface area contributed by atoms with Crippen LogP contribution >= 0.6 is 0 Å². The van der Waals surface area contributed by atoms with Gasteiger partial charge in [-0.25, -0.2) is 0 Å². The zero-order chi connectivity index (χ0) is 18.4. The highest BCUT2D eigenvalue weighted by molar-refractivity contribution is 6.76. The third-order valence-corrected chi connectivity index (χ3v) is 11.3. The van der Waals surface area contributed by atoms with E-state index in [0.29, 0.717) is 23.3 Å². The Morgan fingerprint density at radius 2 is 1.85 bits per heavy atom. The molecule has 4 atom stereocenters. The Kier molecular flexibility index (Phi) is 4.35. The van der Waals surface area contributed by atoms with Crippen molar-refractivity contribution >= 4 is 19.2 Å². The van der Waals surface area contributed by atoms with Crippen LogP contribution < -0.4 is 10.6 Å². The third-order valence-electron chi connectivity index (χ3n) is 6.97. The van der Waals surface area contributed by atoms with Gasteiger partial charge in [-0.2, -0.15) is 0 Å². The molecule has 27 heavy (non-hydrogen) atoms. The lowest BCUT2D eigenvalue weighted by Gasteiger charge is -2.47. The van der Waals surface area contributed by atoms with Crippen LogP contribution in [-0.2, 0) is 0 Å². The lowest BCUT2D eigenvalue weighted by Crippen LogP contribution is -2.63. The summed E-state index contributed by atoms with van der Waals surface area (Å²) in [5, 5.41) is 8.24. The SMILES string of the molecule is C[Si](C)(C1C(c2cc3ccccc3o2)CC2C=CC=CC21)N1CNCNC1. The van der Waals surface area contributed by atoms with E-state index in [1.807, 2.05) is 0 Å². The summed E-state index contributed by atoms with van der Waals surface area (Å²) in [7, 11) is -1.71. The molecule has 2 fully saturated rings. The van der Waals surface area contributed by atoms with E-state index in [9.17, 15) is 0 Å². The molecule has 2 N–H and O–H groups in total. The van der Waals surface area contributed by atoms with Crippen LogP contribution in [0.3, 0.4) is 0 Å². The van der Waals surface area contributed by atoms with Gasteiger partial charge in [0, 0.05) is 31.3 Å². The predicted molar refractivity (Wildman–Crippen MR) is 113 cm³/mol. The molecule has 5 heteroatoms. The highest BCUT2D eigenvalue weighted by Crippen LogP contribution is 2.58. The van der Waals surface area contributed by atoms with Crippen LogP contribution in [0.4, 0.5) is 0 Å². The fourth-order valence-electron chi connectivity index (χ4n) is 5.59. The van der Waals surface area contributed by atoms with Gasteiger partial charge in [-0.15, -0.1) is 0 Å². The number of hydrogen-bond donors (Lipinski definition) is 2. The van der Waals surface area contributed by atoms with Crippen molar-refractivity contribution in [3.05, 3.63) is 60.4 Å². The minimum atomic E-state index is -1.71. The molecular weight excluding hydrogens is 350 g/mol.